The van der Waals surface area contributed by atoms with Gasteiger partial charge in [-0.3, -0.25) is 9.59 Å². The first-order valence-electron chi connectivity index (χ1n) is 8.49. The third-order valence-corrected chi connectivity index (χ3v) is 4.48. The lowest BCUT2D eigenvalue weighted by Gasteiger charge is -2.22. The van der Waals surface area contributed by atoms with Gasteiger partial charge >= 0.3 is 0 Å². The molecular formula is C21H19BrN2O3. The molecular weight excluding hydrogens is 408 g/mol. The van der Waals surface area contributed by atoms with E-state index in [1.807, 2.05) is 42.5 Å². The third kappa shape index (κ3) is 5.56. The number of carbonyl (C=O) groups excluding carboxylic acids is 2. The molecule has 138 valence electrons. The smallest absolute Gasteiger partial charge is 0.251 e. The number of amides is 2. The maximum Gasteiger partial charge on any atom is 0.251 e. The van der Waals surface area contributed by atoms with Crippen molar-refractivity contribution in [2.24, 2.45) is 0 Å². The van der Waals surface area contributed by atoms with Crippen molar-refractivity contribution in [2.75, 3.05) is 6.54 Å². The highest BCUT2D eigenvalue weighted by molar-refractivity contribution is 9.10. The molecule has 0 saturated carbocycles. The largest absolute Gasteiger partial charge is 0.467 e. The van der Waals surface area contributed by atoms with Crippen LogP contribution in [-0.4, -0.2) is 23.3 Å². The average Bonchev–Trinajstić information content (AvgIpc) is 3.19. The molecule has 27 heavy (non-hydrogen) atoms. The van der Waals surface area contributed by atoms with Crippen molar-refractivity contribution in [3.8, 4) is 0 Å². The van der Waals surface area contributed by atoms with Crippen LogP contribution in [0, 0.1) is 0 Å². The Morgan fingerprint density at radius 1 is 0.963 bits per heavy atom. The zero-order chi connectivity index (χ0) is 19.1. The number of benzene rings is 2. The fourth-order valence-electron chi connectivity index (χ4n) is 2.63. The summed E-state index contributed by atoms with van der Waals surface area (Å²) in [4.78, 5) is 26.7. The van der Waals surface area contributed by atoms with Crippen LogP contribution in [0.1, 0.15) is 21.7 Å². The van der Waals surface area contributed by atoms with Crippen LogP contribution in [0.15, 0.2) is 81.9 Å². The van der Waals surface area contributed by atoms with Gasteiger partial charge in [0.05, 0.1) is 19.4 Å². The zero-order valence-corrected chi connectivity index (χ0v) is 16.2. The number of nitrogens with one attached hydrogen (secondary N) is 1. The fraction of sp³-hybridized carbons (Fsp3) is 0.143. The Kier molecular flexibility index (Phi) is 6.44. The highest BCUT2D eigenvalue weighted by Gasteiger charge is 2.17. The number of carbonyl (C=O) groups is 2. The summed E-state index contributed by atoms with van der Waals surface area (Å²) in [5, 5.41) is 2.69. The Balaban J connectivity index is 1.65. The molecule has 0 aliphatic heterocycles. The highest BCUT2D eigenvalue weighted by atomic mass is 79.9. The molecule has 0 aliphatic rings. The van der Waals surface area contributed by atoms with E-state index in [9.17, 15) is 9.59 Å². The van der Waals surface area contributed by atoms with Gasteiger partial charge in [-0.1, -0.05) is 52.3 Å². The van der Waals surface area contributed by atoms with Crippen molar-refractivity contribution in [1.82, 2.24) is 10.2 Å². The minimum Gasteiger partial charge on any atom is -0.467 e. The van der Waals surface area contributed by atoms with Crippen LogP contribution in [0.25, 0.3) is 0 Å². The summed E-state index contributed by atoms with van der Waals surface area (Å²) >= 11 is 3.34. The lowest BCUT2D eigenvalue weighted by atomic mass is 10.2. The zero-order valence-electron chi connectivity index (χ0n) is 14.6. The monoisotopic (exact) mass is 426 g/mol. The molecule has 0 spiro atoms. The molecule has 5 nitrogen and oxygen atoms in total. The van der Waals surface area contributed by atoms with E-state index in [-0.39, 0.29) is 18.4 Å². The van der Waals surface area contributed by atoms with Gasteiger partial charge in [0.1, 0.15) is 5.76 Å². The molecule has 3 rings (SSSR count). The average molecular weight is 427 g/mol. The quantitative estimate of drug-likeness (QED) is 0.620. The molecule has 0 bridgehead atoms. The summed E-state index contributed by atoms with van der Waals surface area (Å²) in [6.45, 7) is 0.694. The predicted octanol–water partition coefficient (Wildman–Crippen LogP) is 4.00. The van der Waals surface area contributed by atoms with Gasteiger partial charge < -0.3 is 14.6 Å². The standard InChI is InChI=1S/C21H19BrN2O3/c22-18-9-4-8-17(12-18)21(26)23-13-20(25)24(15-19-10-5-11-27-19)14-16-6-2-1-3-7-16/h1-12H,13-15H2,(H,23,26). The van der Waals surface area contributed by atoms with E-state index >= 15 is 0 Å². The van der Waals surface area contributed by atoms with Crippen LogP contribution in [0.4, 0.5) is 0 Å². The van der Waals surface area contributed by atoms with Crippen LogP contribution in [-0.2, 0) is 17.9 Å². The van der Waals surface area contributed by atoms with Crippen LogP contribution >= 0.6 is 15.9 Å². The minimum atomic E-state index is -0.290. The first-order chi connectivity index (χ1) is 13.1. The van der Waals surface area contributed by atoms with Crippen LogP contribution in [0.2, 0.25) is 0 Å². The van der Waals surface area contributed by atoms with E-state index < -0.39 is 0 Å². The van der Waals surface area contributed by atoms with Crippen molar-refractivity contribution in [3.05, 3.63) is 94.4 Å². The van der Waals surface area contributed by atoms with Crippen molar-refractivity contribution >= 4 is 27.7 Å². The van der Waals surface area contributed by atoms with Crippen molar-refractivity contribution in [1.29, 1.82) is 0 Å². The van der Waals surface area contributed by atoms with Gasteiger partial charge in [0.15, 0.2) is 0 Å². The van der Waals surface area contributed by atoms with Crippen molar-refractivity contribution < 1.29 is 14.0 Å². The maximum absolute atomic E-state index is 12.7. The summed E-state index contributed by atoms with van der Waals surface area (Å²) in [7, 11) is 0. The lowest BCUT2D eigenvalue weighted by Crippen LogP contribution is -2.39. The number of nitrogens with zero attached hydrogens (tertiary/aromatic N) is 1. The Hall–Kier alpha value is -2.86. The van der Waals surface area contributed by atoms with Crippen LogP contribution in [0.3, 0.4) is 0 Å². The minimum absolute atomic E-state index is 0.0844. The predicted molar refractivity (Wildman–Crippen MR) is 106 cm³/mol. The molecule has 2 aromatic carbocycles. The van der Waals surface area contributed by atoms with E-state index in [0.29, 0.717) is 24.4 Å². The molecule has 0 unspecified atom stereocenters. The van der Waals surface area contributed by atoms with Gasteiger partial charge in [-0.15, -0.1) is 0 Å². The van der Waals surface area contributed by atoms with Gasteiger partial charge in [0.25, 0.3) is 5.91 Å². The molecule has 0 saturated heterocycles. The second kappa shape index (κ2) is 9.19. The molecule has 0 atom stereocenters. The van der Waals surface area contributed by atoms with Gasteiger partial charge in [-0.25, -0.2) is 0 Å². The second-order valence-corrected chi connectivity index (χ2v) is 6.92. The number of furan rings is 1. The summed E-state index contributed by atoms with van der Waals surface area (Å²) < 4.78 is 6.18. The summed E-state index contributed by atoms with van der Waals surface area (Å²) in [5.74, 6) is 0.221. The summed E-state index contributed by atoms with van der Waals surface area (Å²) in [5.41, 5.74) is 1.51. The van der Waals surface area contributed by atoms with Crippen molar-refractivity contribution in [2.45, 2.75) is 13.1 Å². The molecule has 0 radical (unpaired) electrons. The van der Waals surface area contributed by atoms with Crippen molar-refractivity contribution in [3.63, 3.8) is 0 Å². The Labute approximate surface area is 166 Å². The van der Waals surface area contributed by atoms with Crippen LogP contribution in [0.5, 0.6) is 0 Å². The van der Waals surface area contributed by atoms with Gasteiger partial charge in [0, 0.05) is 16.6 Å². The second-order valence-electron chi connectivity index (χ2n) is 6.01. The molecule has 1 heterocycles. The van der Waals surface area contributed by atoms with E-state index in [1.54, 1.807) is 35.4 Å². The molecule has 0 aliphatic carbocycles. The Morgan fingerprint density at radius 2 is 1.78 bits per heavy atom. The molecule has 1 N–H and O–H groups in total. The molecule has 6 heteroatoms. The number of halogens is 1. The third-order valence-electron chi connectivity index (χ3n) is 3.98. The Bertz CT molecular complexity index is 895. The number of hydrogen-bond acceptors (Lipinski definition) is 3. The molecule has 3 aromatic rings. The fourth-order valence-corrected chi connectivity index (χ4v) is 3.03. The molecule has 0 fully saturated rings. The maximum atomic E-state index is 12.7. The van der Waals surface area contributed by atoms with Gasteiger partial charge in [0.2, 0.25) is 5.91 Å². The Morgan fingerprint density at radius 3 is 2.48 bits per heavy atom. The summed E-state index contributed by atoms with van der Waals surface area (Å²) in [6.07, 6.45) is 1.58. The normalized spacial score (nSPS) is 10.4. The molecule has 2 amide bonds. The topological polar surface area (TPSA) is 62.6 Å². The first-order valence-corrected chi connectivity index (χ1v) is 9.29. The first kappa shape index (κ1) is 18.9. The summed E-state index contributed by atoms with van der Waals surface area (Å²) in [6, 6.07) is 20.4. The van der Waals surface area contributed by atoms with Gasteiger partial charge in [-0.05, 0) is 35.9 Å². The molecule has 1 aromatic heterocycles. The SMILES string of the molecule is O=C(NCC(=O)N(Cc1ccccc1)Cc1ccco1)c1cccc(Br)c1. The number of rotatable bonds is 7. The van der Waals surface area contributed by atoms with E-state index in [4.69, 9.17) is 4.42 Å². The van der Waals surface area contributed by atoms with Crippen LogP contribution < -0.4 is 5.32 Å². The van der Waals surface area contributed by atoms with E-state index in [2.05, 4.69) is 21.2 Å². The number of hydrogen-bond donors (Lipinski definition) is 1. The van der Waals surface area contributed by atoms with Gasteiger partial charge in [-0.2, -0.15) is 0 Å². The van der Waals surface area contributed by atoms with E-state index in [1.165, 1.54) is 0 Å². The lowest BCUT2D eigenvalue weighted by molar-refractivity contribution is -0.131. The highest BCUT2D eigenvalue weighted by Crippen LogP contribution is 2.12. The van der Waals surface area contributed by atoms with E-state index in [0.717, 1.165) is 10.0 Å².